The fraction of sp³-hybridized carbons (Fsp3) is 0.0769. The number of benzene rings is 2. The smallest absolute Gasteiger partial charge is 0.141 e. The lowest BCUT2D eigenvalue weighted by Crippen LogP contribution is -2.49. The zero-order valence-electron chi connectivity index (χ0n) is 15.4. The predicted molar refractivity (Wildman–Crippen MR) is 126 cm³/mol. The molecule has 0 radical (unpaired) electrons. The summed E-state index contributed by atoms with van der Waals surface area (Å²) >= 11 is 0. The molecule has 2 aromatic carbocycles. The van der Waals surface area contributed by atoms with Crippen LogP contribution in [0.5, 0.6) is 0 Å². The Kier molecular flexibility index (Phi) is 3.47. The topological polar surface area (TPSA) is 4.93 Å². The van der Waals surface area contributed by atoms with Crippen molar-refractivity contribution in [3.63, 3.8) is 0 Å². The van der Waals surface area contributed by atoms with Crippen LogP contribution in [0.1, 0.15) is 0 Å². The Morgan fingerprint density at radius 1 is 0.455 bits per heavy atom. The highest BCUT2D eigenvalue weighted by atomic mass is 14.9. The molecule has 0 aliphatic carbocycles. The highest BCUT2D eigenvalue weighted by Gasteiger charge is 2.20. The van der Waals surface area contributed by atoms with Gasteiger partial charge in [0.1, 0.15) is 62.8 Å². The molecule has 0 atom stereocenters. The molecule has 0 spiro atoms. The Bertz CT molecular complexity index is 895. The Morgan fingerprint density at radius 2 is 0.727 bits per heavy atom. The summed E-state index contributed by atoms with van der Waals surface area (Å²) in [5.74, 6) is 0. The first-order valence-corrected chi connectivity index (χ1v) is 8.14. The van der Waals surface area contributed by atoms with E-state index >= 15 is 0 Å². The van der Waals surface area contributed by atoms with E-state index in [0.717, 1.165) is 0 Å². The Balaban J connectivity index is 2.81. The van der Waals surface area contributed by atoms with Gasteiger partial charge in [-0.15, -0.1) is 10.9 Å². The van der Waals surface area contributed by atoms with Crippen molar-refractivity contribution < 1.29 is 0 Å². The average Bonchev–Trinajstić information content (AvgIpc) is 2.80. The van der Waals surface area contributed by atoms with Crippen LogP contribution in [0, 0.1) is 0 Å². The second-order valence-corrected chi connectivity index (χ2v) is 7.01. The lowest BCUT2D eigenvalue weighted by molar-refractivity contribution is 1.02. The number of hydrogen-bond donors (Lipinski definition) is 0. The van der Waals surface area contributed by atoms with Gasteiger partial charge in [-0.3, -0.25) is 0 Å². The van der Waals surface area contributed by atoms with Gasteiger partial charge in [-0.05, 0) is 10.8 Å². The van der Waals surface area contributed by atoms with Crippen molar-refractivity contribution in [3.05, 3.63) is 0 Å². The first-order valence-electron chi connectivity index (χ1n) is 8.14. The molecular weight excluding hydrogens is 257 g/mol. The van der Waals surface area contributed by atoms with E-state index in [1.807, 2.05) is 0 Å². The van der Waals surface area contributed by atoms with Crippen molar-refractivity contribution in [2.24, 2.45) is 7.05 Å². The average molecular weight is 276 g/mol. The molecule has 22 heavy (non-hydrogen) atoms. The van der Waals surface area contributed by atoms with Crippen LogP contribution in [-0.2, 0) is 7.05 Å². The zero-order valence-corrected chi connectivity index (χ0v) is 15.4. The van der Waals surface area contributed by atoms with Gasteiger partial charge in [0, 0.05) is 18.1 Å². The molecule has 1 aromatic heterocycles. The van der Waals surface area contributed by atoms with Gasteiger partial charge in [-0.2, -0.15) is 0 Å². The van der Waals surface area contributed by atoms with Gasteiger partial charge in [0.2, 0.25) is 0 Å². The minimum Gasteiger partial charge on any atom is -0.345 e. The van der Waals surface area contributed by atoms with Crippen molar-refractivity contribution in [2.45, 2.75) is 0 Å². The molecule has 1 nitrogen and oxygen atoms in total. The third-order valence-corrected chi connectivity index (χ3v) is 6.23. The fourth-order valence-electron chi connectivity index (χ4n) is 4.15. The van der Waals surface area contributed by atoms with E-state index in [1.165, 1.54) is 65.5 Å². The first-order chi connectivity index (χ1) is 10.2. The summed E-state index contributed by atoms with van der Waals surface area (Å²) < 4.78 is 2.42. The van der Waals surface area contributed by atoms with Crippen molar-refractivity contribution in [3.8, 4) is 0 Å². The number of hydrogen-bond acceptors (Lipinski definition) is 0. The molecule has 0 unspecified atom stereocenters. The maximum atomic E-state index is 2.42. The molecular formula is C13H19B8N. The number of nitrogens with zero attached hydrogens (tertiary/aromatic N) is 1. The van der Waals surface area contributed by atoms with Crippen molar-refractivity contribution in [1.29, 1.82) is 0 Å². The molecule has 0 aliphatic heterocycles. The van der Waals surface area contributed by atoms with E-state index in [9.17, 15) is 0 Å². The fourth-order valence-corrected chi connectivity index (χ4v) is 4.15. The third-order valence-electron chi connectivity index (χ3n) is 6.23. The summed E-state index contributed by atoms with van der Waals surface area (Å²) in [6, 6.07) is 0. The summed E-state index contributed by atoms with van der Waals surface area (Å²) in [5.41, 5.74) is 14.3. The van der Waals surface area contributed by atoms with Crippen molar-refractivity contribution in [1.82, 2.24) is 4.57 Å². The summed E-state index contributed by atoms with van der Waals surface area (Å²) in [5, 5.41) is 2.92. The lowest BCUT2D eigenvalue weighted by Gasteiger charge is -2.14. The van der Waals surface area contributed by atoms with Gasteiger partial charge >= 0.3 is 0 Å². The van der Waals surface area contributed by atoms with Gasteiger partial charge in [0.15, 0.2) is 0 Å². The highest BCUT2D eigenvalue weighted by Crippen LogP contribution is 2.20. The van der Waals surface area contributed by atoms with E-state index in [2.05, 4.69) is 74.4 Å². The van der Waals surface area contributed by atoms with Crippen LogP contribution in [0.3, 0.4) is 0 Å². The van der Waals surface area contributed by atoms with Crippen LogP contribution in [0.4, 0.5) is 0 Å². The van der Waals surface area contributed by atoms with Crippen LogP contribution in [-0.4, -0.2) is 67.3 Å². The van der Waals surface area contributed by atoms with Gasteiger partial charge < -0.3 is 4.57 Å². The van der Waals surface area contributed by atoms with E-state index in [4.69, 9.17) is 0 Å². The minimum absolute atomic E-state index is 1.41. The molecule has 0 N–H and O–H groups in total. The van der Waals surface area contributed by atoms with Crippen LogP contribution in [0.15, 0.2) is 0 Å². The van der Waals surface area contributed by atoms with Gasteiger partial charge in [0.25, 0.3) is 0 Å². The van der Waals surface area contributed by atoms with Crippen molar-refractivity contribution in [2.75, 3.05) is 0 Å². The van der Waals surface area contributed by atoms with E-state index in [0.29, 0.717) is 0 Å². The van der Waals surface area contributed by atoms with Crippen LogP contribution in [0.25, 0.3) is 21.8 Å². The standard InChI is InChI=1S/C13H19B8N/c1-22-12-2(4(14)6(16)8(18)10(12)20)3-5(15)7(17)9(19)11(21)13(3)22/h14-21H2,1H3. The van der Waals surface area contributed by atoms with Crippen molar-refractivity contribution >= 4 is 128 Å². The highest BCUT2D eigenvalue weighted by molar-refractivity contribution is 6.71. The van der Waals surface area contributed by atoms with Crippen LogP contribution in [0.2, 0.25) is 0 Å². The van der Waals surface area contributed by atoms with E-state index in [1.54, 1.807) is 0 Å². The monoisotopic (exact) mass is 277 g/mol. The molecule has 1 heterocycles. The molecule has 0 aliphatic rings. The molecule has 9 heteroatoms. The summed E-state index contributed by atoms with van der Waals surface area (Å²) in [4.78, 5) is 0. The molecule has 3 rings (SSSR count). The van der Waals surface area contributed by atoms with Crippen LogP contribution >= 0.6 is 0 Å². The first kappa shape index (κ1) is 15.6. The summed E-state index contributed by atoms with van der Waals surface area (Å²) in [6.45, 7) is 0. The molecule has 0 fully saturated rings. The van der Waals surface area contributed by atoms with Gasteiger partial charge in [-0.1, -0.05) is 32.8 Å². The Hall–Kier alpha value is -1.24. The van der Waals surface area contributed by atoms with E-state index < -0.39 is 0 Å². The van der Waals surface area contributed by atoms with E-state index in [-0.39, 0.29) is 0 Å². The van der Waals surface area contributed by atoms with Crippen LogP contribution < -0.4 is 43.7 Å². The molecule has 0 bridgehead atoms. The predicted octanol–water partition coefficient (Wildman–Crippen LogP) is -10.6. The molecule has 0 amide bonds. The van der Waals surface area contributed by atoms with Gasteiger partial charge in [-0.25, -0.2) is 0 Å². The largest absolute Gasteiger partial charge is 0.345 e. The Labute approximate surface area is 140 Å². The Morgan fingerprint density at radius 3 is 1.05 bits per heavy atom. The quantitative estimate of drug-likeness (QED) is 0.359. The molecule has 0 saturated heterocycles. The number of fused-ring (bicyclic) bond motifs is 3. The third kappa shape index (κ3) is 1.71. The summed E-state index contributed by atoms with van der Waals surface area (Å²) in [6.07, 6.45) is 0. The second kappa shape index (κ2) is 4.88. The summed E-state index contributed by atoms with van der Waals surface area (Å²) in [7, 11) is 20.4. The molecule has 3 aromatic rings. The van der Waals surface area contributed by atoms with Gasteiger partial charge in [0.05, 0.1) is 0 Å². The molecule has 0 saturated carbocycles. The number of aryl methyl sites for hydroxylation is 1. The SMILES string of the molecule is Bc1c(B)c(B)c2c(c1B)c1c(B)c(B)c(B)c(B)c1n2C. The molecule has 100 valence electrons. The number of rotatable bonds is 0. The second-order valence-electron chi connectivity index (χ2n) is 7.01. The maximum absolute atomic E-state index is 2.42. The maximum Gasteiger partial charge on any atom is 0.141 e. The minimum atomic E-state index is 1.41. The normalized spacial score (nSPS) is 11.5. The number of aromatic nitrogens is 1. The zero-order chi connectivity index (χ0) is 16.5. The lowest BCUT2D eigenvalue weighted by atomic mass is 9.63.